The predicted molar refractivity (Wildman–Crippen MR) is 48.3 cm³/mol. The highest BCUT2D eigenvalue weighted by molar-refractivity contribution is 6.32. The summed E-state index contributed by atoms with van der Waals surface area (Å²) in [5, 5.41) is 13.8. The Hall–Kier alpha value is -0.585. The Kier molecular flexibility index (Phi) is 4.81. The van der Waals surface area contributed by atoms with Crippen molar-refractivity contribution in [1.29, 1.82) is 0 Å². The number of nitrogens with one attached hydrogen (secondary N) is 2. The first kappa shape index (κ1) is 10.5. The number of aliphatic carboxylic acids is 1. The van der Waals surface area contributed by atoms with E-state index in [4.69, 9.17) is 5.11 Å². The second-order valence-electron chi connectivity index (χ2n) is 2.95. The smallest absolute Gasteiger partial charge is 0.320 e. The van der Waals surface area contributed by atoms with Crippen LogP contribution in [0.4, 0.5) is 0 Å². The van der Waals surface area contributed by atoms with E-state index in [0.29, 0.717) is 0 Å². The zero-order chi connectivity index (χ0) is 9.52. The fourth-order valence-corrected chi connectivity index (χ4v) is 1.19. The lowest BCUT2D eigenvalue weighted by Gasteiger charge is -1.99. The molecule has 2 aliphatic heterocycles. The largest absolute Gasteiger partial charge is 0.480 e. The highest BCUT2D eigenvalue weighted by Gasteiger charge is 2.20. The summed E-state index contributed by atoms with van der Waals surface area (Å²) in [7, 11) is 1.89. The van der Waals surface area contributed by atoms with Crippen molar-refractivity contribution in [2.45, 2.75) is 25.2 Å². The van der Waals surface area contributed by atoms with Gasteiger partial charge < -0.3 is 15.3 Å². The van der Waals surface area contributed by atoms with E-state index in [1.165, 1.54) is 0 Å². The number of rotatable bonds is 1. The standard InChI is InChI=1S/C5H9NO2.C2H5BNO/c7-5(8)4-2-1-3-6-4;1-2-5-4-3-1/h4,6H,1-3H2,(H,7,8);4H,1-2H2/t4-;/m0./s1. The van der Waals surface area contributed by atoms with E-state index >= 15 is 0 Å². The lowest BCUT2D eigenvalue weighted by molar-refractivity contribution is -0.139. The van der Waals surface area contributed by atoms with Gasteiger partial charge in [0, 0.05) is 0 Å². The molecule has 0 aromatic heterocycles. The molecule has 2 fully saturated rings. The lowest BCUT2D eigenvalue weighted by Crippen LogP contribution is -2.29. The van der Waals surface area contributed by atoms with Gasteiger partial charge in [-0.05, 0) is 25.7 Å². The minimum absolute atomic E-state index is 0.269. The normalized spacial score (nSPS) is 26.0. The maximum absolute atomic E-state index is 10.1. The van der Waals surface area contributed by atoms with Crippen molar-refractivity contribution in [3.63, 3.8) is 0 Å². The molecule has 0 aliphatic carbocycles. The highest BCUT2D eigenvalue weighted by atomic mass is 16.6. The van der Waals surface area contributed by atoms with Gasteiger partial charge in [0.25, 0.3) is 0 Å². The van der Waals surface area contributed by atoms with Gasteiger partial charge in [-0.15, -0.1) is 0 Å². The van der Waals surface area contributed by atoms with Crippen LogP contribution in [0.15, 0.2) is 0 Å². The molecule has 0 saturated carbocycles. The van der Waals surface area contributed by atoms with Crippen LogP contribution in [0, 0.1) is 0 Å². The number of carbonyl (C=O) groups is 1. The third-order valence-corrected chi connectivity index (χ3v) is 1.89. The first-order chi connectivity index (χ1) is 6.30. The quantitative estimate of drug-likeness (QED) is 0.475. The van der Waals surface area contributed by atoms with Gasteiger partial charge in [0.05, 0.1) is 6.61 Å². The monoisotopic (exact) mass is 185 g/mol. The van der Waals surface area contributed by atoms with Gasteiger partial charge >= 0.3 is 5.97 Å². The van der Waals surface area contributed by atoms with E-state index < -0.39 is 5.97 Å². The molecular formula is C7H14BN2O3. The average Bonchev–Trinajstić information content (AvgIpc) is 2.82. The van der Waals surface area contributed by atoms with Crippen molar-refractivity contribution in [2.75, 3.05) is 13.2 Å². The van der Waals surface area contributed by atoms with Crippen molar-refractivity contribution < 1.29 is 14.7 Å². The Morgan fingerprint density at radius 3 is 2.69 bits per heavy atom. The molecule has 73 valence electrons. The van der Waals surface area contributed by atoms with Crippen molar-refractivity contribution in [3.8, 4) is 0 Å². The first-order valence-electron chi connectivity index (χ1n) is 4.46. The fourth-order valence-electron chi connectivity index (χ4n) is 1.19. The molecule has 2 heterocycles. The molecule has 3 N–H and O–H groups in total. The number of carboxylic acid groups (broad SMARTS) is 1. The molecule has 0 spiro atoms. The van der Waals surface area contributed by atoms with Crippen LogP contribution in [0.3, 0.4) is 0 Å². The van der Waals surface area contributed by atoms with Gasteiger partial charge in [-0.2, -0.15) is 0 Å². The summed E-state index contributed by atoms with van der Waals surface area (Å²) >= 11 is 0. The van der Waals surface area contributed by atoms with Crippen LogP contribution in [-0.4, -0.2) is 37.7 Å². The van der Waals surface area contributed by atoms with E-state index in [1.54, 1.807) is 0 Å². The van der Waals surface area contributed by atoms with Crippen LogP contribution in [0.5, 0.6) is 0 Å². The highest BCUT2D eigenvalue weighted by Crippen LogP contribution is 2.03. The molecule has 0 aromatic rings. The molecule has 2 rings (SSSR count). The Labute approximate surface area is 78.1 Å². The van der Waals surface area contributed by atoms with Crippen LogP contribution in [0.25, 0.3) is 0 Å². The number of hydrogen-bond donors (Lipinski definition) is 3. The van der Waals surface area contributed by atoms with Crippen LogP contribution in [0.2, 0.25) is 6.32 Å². The molecule has 0 amide bonds. The molecule has 5 nitrogen and oxygen atoms in total. The Bertz CT molecular complexity index is 150. The maximum Gasteiger partial charge on any atom is 0.320 e. The lowest BCUT2D eigenvalue weighted by atomic mass is 9.94. The molecule has 0 bridgehead atoms. The molecule has 1 atom stereocenters. The van der Waals surface area contributed by atoms with Crippen molar-refractivity contribution in [1.82, 2.24) is 10.7 Å². The van der Waals surface area contributed by atoms with Gasteiger partial charge in [0.2, 0.25) is 7.41 Å². The van der Waals surface area contributed by atoms with Gasteiger partial charge in [-0.1, -0.05) is 0 Å². The molecule has 0 unspecified atom stereocenters. The van der Waals surface area contributed by atoms with Gasteiger partial charge in [0.15, 0.2) is 0 Å². The minimum atomic E-state index is -0.720. The van der Waals surface area contributed by atoms with E-state index in [1.807, 2.05) is 7.41 Å². The van der Waals surface area contributed by atoms with E-state index in [-0.39, 0.29) is 6.04 Å². The number of hydrogen-bond acceptors (Lipinski definition) is 4. The maximum atomic E-state index is 10.1. The number of carboxylic acids is 1. The summed E-state index contributed by atoms with van der Waals surface area (Å²) in [6.45, 7) is 1.69. The van der Waals surface area contributed by atoms with Crippen molar-refractivity contribution in [3.05, 3.63) is 0 Å². The average molecular weight is 185 g/mol. The molecule has 0 aromatic carbocycles. The summed E-state index contributed by atoms with van der Waals surface area (Å²) in [6, 6.07) is -0.269. The van der Waals surface area contributed by atoms with Crippen LogP contribution in [0.1, 0.15) is 12.8 Å². The first-order valence-corrected chi connectivity index (χ1v) is 4.46. The predicted octanol–water partition coefficient (Wildman–Crippen LogP) is -0.618. The summed E-state index contributed by atoms with van der Waals surface area (Å²) in [5.74, 6) is -0.720. The van der Waals surface area contributed by atoms with E-state index in [2.05, 4.69) is 15.5 Å². The molecule has 6 heteroatoms. The molecular weight excluding hydrogens is 171 g/mol. The summed E-state index contributed by atoms with van der Waals surface area (Å²) in [4.78, 5) is 14.8. The van der Waals surface area contributed by atoms with Crippen molar-refractivity contribution in [2.24, 2.45) is 0 Å². The van der Waals surface area contributed by atoms with Crippen LogP contribution >= 0.6 is 0 Å². The zero-order valence-electron chi connectivity index (χ0n) is 7.45. The Balaban J connectivity index is 0.000000145. The molecule has 2 aliphatic rings. The van der Waals surface area contributed by atoms with Crippen molar-refractivity contribution >= 4 is 13.4 Å². The topological polar surface area (TPSA) is 70.6 Å². The van der Waals surface area contributed by atoms with Gasteiger partial charge in [-0.3, -0.25) is 10.2 Å². The zero-order valence-corrected chi connectivity index (χ0v) is 7.45. The molecule has 1 radical (unpaired) electrons. The van der Waals surface area contributed by atoms with Gasteiger partial charge in [-0.25, -0.2) is 0 Å². The fraction of sp³-hybridized carbons (Fsp3) is 0.857. The minimum Gasteiger partial charge on any atom is -0.480 e. The second-order valence-corrected chi connectivity index (χ2v) is 2.95. The summed E-state index contributed by atoms with van der Waals surface area (Å²) in [6.07, 6.45) is 2.83. The van der Waals surface area contributed by atoms with E-state index in [9.17, 15) is 4.79 Å². The SMILES string of the molecule is O=C(O)[C@@H]1CCCN1.[B]1CCON1. The summed E-state index contributed by atoms with van der Waals surface area (Å²) < 4.78 is 0. The Morgan fingerprint density at radius 1 is 1.62 bits per heavy atom. The summed E-state index contributed by atoms with van der Waals surface area (Å²) in [5.41, 5.74) is 0. The Morgan fingerprint density at radius 2 is 2.46 bits per heavy atom. The molecule has 2 saturated heterocycles. The third-order valence-electron chi connectivity index (χ3n) is 1.89. The van der Waals surface area contributed by atoms with Crippen LogP contribution in [-0.2, 0) is 9.63 Å². The molecule has 13 heavy (non-hydrogen) atoms. The van der Waals surface area contributed by atoms with E-state index in [0.717, 1.165) is 32.3 Å². The van der Waals surface area contributed by atoms with Gasteiger partial charge in [0.1, 0.15) is 6.04 Å². The third kappa shape index (κ3) is 4.26. The second kappa shape index (κ2) is 5.96. The van der Waals surface area contributed by atoms with Crippen LogP contribution < -0.4 is 10.7 Å².